The molecule has 1 heterocycles. The molecule has 1 aromatic carbocycles. The molecule has 1 saturated heterocycles. The van der Waals surface area contributed by atoms with E-state index < -0.39 is 16.6 Å². The number of ether oxygens (including phenoxy) is 1. The first-order chi connectivity index (χ1) is 10.3. The third-order valence-electron chi connectivity index (χ3n) is 3.66. The molecule has 2 rings (SSSR count). The lowest BCUT2D eigenvalue weighted by molar-refractivity contribution is -0.0498. The van der Waals surface area contributed by atoms with Crippen molar-refractivity contribution < 1.29 is 21.9 Å². The van der Waals surface area contributed by atoms with Crippen LogP contribution in [0.3, 0.4) is 0 Å². The Morgan fingerprint density at radius 2 is 2.13 bits per heavy atom. The van der Waals surface area contributed by atoms with Crippen molar-refractivity contribution in [1.82, 2.24) is 4.31 Å². The molecule has 0 amide bonds. The summed E-state index contributed by atoms with van der Waals surface area (Å²) in [5, 5.41) is -0.177. The van der Waals surface area contributed by atoms with Gasteiger partial charge in [-0.15, -0.1) is 12.4 Å². The Bertz CT molecular complexity index is 646. The highest BCUT2D eigenvalue weighted by Gasteiger charge is 2.37. The van der Waals surface area contributed by atoms with Crippen molar-refractivity contribution in [3.05, 3.63) is 23.2 Å². The van der Waals surface area contributed by atoms with Gasteiger partial charge in [0, 0.05) is 12.6 Å². The van der Waals surface area contributed by atoms with E-state index in [1.54, 1.807) is 0 Å². The maximum Gasteiger partial charge on any atom is 0.387 e. The molecule has 0 bridgehead atoms. The fourth-order valence-electron chi connectivity index (χ4n) is 2.58. The number of alkyl halides is 2. The van der Waals surface area contributed by atoms with Crippen LogP contribution < -0.4 is 10.5 Å². The molecule has 0 aliphatic carbocycles. The van der Waals surface area contributed by atoms with Gasteiger partial charge in [-0.25, -0.2) is 8.42 Å². The van der Waals surface area contributed by atoms with E-state index in [0.29, 0.717) is 19.5 Å². The van der Waals surface area contributed by atoms with Crippen molar-refractivity contribution in [3.63, 3.8) is 0 Å². The first-order valence-corrected chi connectivity index (χ1v) is 8.53. The second-order valence-electron chi connectivity index (χ2n) is 5.23. The molecule has 0 saturated carbocycles. The molecular formula is C13H18Cl2F2N2O3S. The first kappa shape index (κ1) is 20.4. The maximum atomic E-state index is 12.6. The highest BCUT2D eigenvalue weighted by atomic mass is 35.5. The number of nitrogens with zero attached hydrogens (tertiary/aromatic N) is 1. The SMILES string of the molecule is CC1CC(CN)CN1S(=O)(=O)c1ccc(OC(F)F)c(Cl)c1.Cl. The molecule has 23 heavy (non-hydrogen) atoms. The molecule has 2 N–H and O–H groups in total. The lowest BCUT2D eigenvalue weighted by Gasteiger charge is -2.21. The second kappa shape index (κ2) is 7.94. The summed E-state index contributed by atoms with van der Waals surface area (Å²) in [7, 11) is -3.75. The summed E-state index contributed by atoms with van der Waals surface area (Å²) in [6, 6.07) is 3.29. The van der Waals surface area contributed by atoms with Crippen LogP contribution in [0.5, 0.6) is 5.75 Å². The standard InChI is InChI=1S/C13H17ClF2N2O3S.ClH/c1-8-4-9(6-17)7-18(8)22(19,20)10-2-3-12(11(14)5-10)21-13(15)16;/h2-3,5,8-9,13H,4,6-7,17H2,1H3;1H. The highest BCUT2D eigenvalue weighted by molar-refractivity contribution is 7.89. The van der Waals surface area contributed by atoms with Crippen LogP contribution in [0.1, 0.15) is 13.3 Å². The van der Waals surface area contributed by atoms with Gasteiger partial charge in [0.05, 0.1) is 9.92 Å². The van der Waals surface area contributed by atoms with E-state index in [4.69, 9.17) is 17.3 Å². The number of hydrogen-bond acceptors (Lipinski definition) is 4. The Hall–Kier alpha value is -0.670. The van der Waals surface area contributed by atoms with Gasteiger partial charge in [-0.2, -0.15) is 13.1 Å². The minimum atomic E-state index is -3.75. The molecule has 1 fully saturated rings. The molecule has 1 aromatic rings. The Morgan fingerprint density at radius 1 is 1.48 bits per heavy atom. The van der Waals surface area contributed by atoms with Crippen LogP contribution in [0.15, 0.2) is 23.1 Å². The van der Waals surface area contributed by atoms with Crippen molar-refractivity contribution in [2.75, 3.05) is 13.1 Å². The van der Waals surface area contributed by atoms with Crippen molar-refractivity contribution in [2.24, 2.45) is 11.7 Å². The average molecular weight is 391 g/mol. The van der Waals surface area contributed by atoms with Crippen molar-refractivity contribution in [2.45, 2.75) is 30.9 Å². The van der Waals surface area contributed by atoms with Crippen molar-refractivity contribution >= 4 is 34.0 Å². The first-order valence-electron chi connectivity index (χ1n) is 6.72. The zero-order valence-corrected chi connectivity index (χ0v) is 14.7. The van der Waals surface area contributed by atoms with Gasteiger partial charge in [0.1, 0.15) is 5.75 Å². The summed E-state index contributed by atoms with van der Waals surface area (Å²) in [5.41, 5.74) is 5.60. The number of nitrogens with two attached hydrogens (primary N) is 1. The zero-order chi connectivity index (χ0) is 16.5. The summed E-state index contributed by atoms with van der Waals surface area (Å²) >= 11 is 5.82. The fourth-order valence-corrected chi connectivity index (χ4v) is 4.62. The number of hydrogen-bond donors (Lipinski definition) is 1. The summed E-state index contributed by atoms with van der Waals surface area (Å²) in [5.74, 6) is -0.147. The topological polar surface area (TPSA) is 72.6 Å². The van der Waals surface area contributed by atoms with E-state index in [-0.39, 0.29) is 40.0 Å². The normalized spacial score (nSPS) is 22.2. The lowest BCUT2D eigenvalue weighted by atomic mass is 10.1. The molecule has 1 aliphatic rings. The molecule has 0 spiro atoms. The van der Waals surface area contributed by atoms with Gasteiger partial charge in [-0.05, 0) is 44.0 Å². The lowest BCUT2D eigenvalue weighted by Crippen LogP contribution is -2.34. The quantitative estimate of drug-likeness (QED) is 0.838. The van der Waals surface area contributed by atoms with Gasteiger partial charge >= 0.3 is 6.61 Å². The van der Waals surface area contributed by atoms with E-state index in [1.807, 2.05) is 6.92 Å². The van der Waals surface area contributed by atoms with Crippen LogP contribution in [0.25, 0.3) is 0 Å². The molecule has 132 valence electrons. The smallest absolute Gasteiger partial charge is 0.387 e. The van der Waals surface area contributed by atoms with Crippen LogP contribution in [-0.4, -0.2) is 38.5 Å². The Balaban J connectivity index is 0.00000264. The number of rotatable bonds is 5. The molecule has 0 radical (unpaired) electrons. The van der Waals surface area contributed by atoms with E-state index in [9.17, 15) is 17.2 Å². The van der Waals surface area contributed by atoms with Crippen LogP contribution in [0.2, 0.25) is 5.02 Å². The Kier molecular flexibility index (Phi) is 7.03. The largest absolute Gasteiger partial charge is 0.433 e. The van der Waals surface area contributed by atoms with Gasteiger partial charge < -0.3 is 10.5 Å². The van der Waals surface area contributed by atoms with Gasteiger partial charge in [-0.1, -0.05) is 11.6 Å². The van der Waals surface area contributed by atoms with Crippen molar-refractivity contribution in [3.8, 4) is 5.75 Å². The summed E-state index contributed by atoms with van der Waals surface area (Å²) in [4.78, 5) is -0.0522. The van der Waals surface area contributed by atoms with Gasteiger partial charge in [0.15, 0.2) is 0 Å². The molecule has 5 nitrogen and oxygen atoms in total. The van der Waals surface area contributed by atoms with E-state index in [0.717, 1.165) is 12.1 Å². The highest BCUT2D eigenvalue weighted by Crippen LogP contribution is 2.33. The van der Waals surface area contributed by atoms with Gasteiger partial charge in [0.25, 0.3) is 0 Å². The number of benzene rings is 1. The molecule has 2 unspecified atom stereocenters. The maximum absolute atomic E-state index is 12.6. The third-order valence-corrected chi connectivity index (χ3v) is 5.93. The van der Waals surface area contributed by atoms with E-state index in [1.165, 1.54) is 10.4 Å². The predicted octanol–water partition coefficient (Wildman–Crippen LogP) is 2.72. The minimum absolute atomic E-state index is 0. The number of halogens is 4. The van der Waals surface area contributed by atoms with E-state index >= 15 is 0 Å². The molecule has 2 atom stereocenters. The third kappa shape index (κ3) is 4.45. The van der Waals surface area contributed by atoms with Gasteiger partial charge in [0.2, 0.25) is 10.0 Å². The summed E-state index contributed by atoms with van der Waals surface area (Å²) in [6.07, 6.45) is 0.691. The molecule has 1 aliphatic heterocycles. The van der Waals surface area contributed by atoms with Crippen LogP contribution in [-0.2, 0) is 10.0 Å². The van der Waals surface area contributed by atoms with Gasteiger partial charge in [-0.3, -0.25) is 0 Å². The minimum Gasteiger partial charge on any atom is -0.433 e. The Labute approximate surface area is 145 Å². The summed E-state index contributed by atoms with van der Waals surface area (Å²) in [6.45, 7) is -0.460. The van der Waals surface area contributed by atoms with Crippen molar-refractivity contribution in [1.29, 1.82) is 0 Å². The molecule has 10 heteroatoms. The summed E-state index contributed by atoms with van der Waals surface area (Å²) < 4.78 is 55.2. The monoisotopic (exact) mass is 390 g/mol. The van der Waals surface area contributed by atoms with Crippen LogP contribution in [0.4, 0.5) is 8.78 Å². The molecular weight excluding hydrogens is 373 g/mol. The Morgan fingerprint density at radius 3 is 2.61 bits per heavy atom. The average Bonchev–Trinajstić information content (AvgIpc) is 2.82. The fraction of sp³-hybridized carbons (Fsp3) is 0.538. The zero-order valence-electron chi connectivity index (χ0n) is 12.3. The second-order valence-corrected chi connectivity index (χ2v) is 7.53. The number of sulfonamides is 1. The predicted molar refractivity (Wildman–Crippen MR) is 85.8 cm³/mol. The molecule has 0 aromatic heterocycles. The van der Waals surface area contributed by atoms with Crippen LogP contribution >= 0.6 is 24.0 Å². The van der Waals surface area contributed by atoms with Crippen LogP contribution in [0, 0.1) is 5.92 Å². The van der Waals surface area contributed by atoms with E-state index in [2.05, 4.69) is 4.74 Å².